The zero-order valence-electron chi connectivity index (χ0n) is 17.6. The number of carbonyl (C=O) groups excluding carboxylic acids is 2. The number of benzene rings is 2. The number of hydrogen-bond acceptors (Lipinski definition) is 10. The molecule has 10 heteroatoms. The van der Waals surface area contributed by atoms with Crippen molar-refractivity contribution in [1.29, 1.82) is 5.26 Å². The molecular weight excluding hydrogens is 446 g/mol. The van der Waals surface area contributed by atoms with E-state index in [0.717, 1.165) is 5.56 Å². The standard InChI is InChI=1S/C23H17N3O6S/c1-29-22(27)14-5-15(23(28)30-2)7-17(6-14)25-10-16(9-24)21-26-18(11-33-21)13-3-4-19-20(8-13)32-12-31-19/h3-8,10-11,25H,12H2,1-2H3. The van der Waals surface area contributed by atoms with Gasteiger partial charge in [-0.3, -0.25) is 0 Å². The van der Waals surface area contributed by atoms with Crippen molar-refractivity contribution < 1.29 is 28.5 Å². The Morgan fingerprint density at radius 2 is 1.79 bits per heavy atom. The predicted molar refractivity (Wildman–Crippen MR) is 120 cm³/mol. The van der Waals surface area contributed by atoms with Crippen LogP contribution < -0.4 is 14.8 Å². The van der Waals surface area contributed by atoms with Crippen LogP contribution in [0.3, 0.4) is 0 Å². The molecule has 0 atom stereocenters. The van der Waals surface area contributed by atoms with Crippen LogP contribution in [-0.2, 0) is 9.47 Å². The first kappa shape index (κ1) is 21.9. The van der Waals surface area contributed by atoms with E-state index in [1.165, 1.54) is 50.0 Å². The largest absolute Gasteiger partial charge is 0.465 e. The summed E-state index contributed by atoms with van der Waals surface area (Å²) in [6, 6.07) is 12.0. The number of rotatable bonds is 6. The third-order valence-corrected chi connectivity index (χ3v) is 5.56. The Morgan fingerprint density at radius 1 is 1.09 bits per heavy atom. The Hall–Kier alpha value is -4.36. The molecule has 9 nitrogen and oxygen atoms in total. The van der Waals surface area contributed by atoms with Crippen molar-refractivity contribution >= 4 is 34.5 Å². The molecular formula is C23H17N3O6S. The molecule has 166 valence electrons. The van der Waals surface area contributed by atoms with Gasteiger partial charge in [-0.15, -0.1) is 11.3 Å². The lowest BCUT2D eigenvalue weighted by Crippen LogP contribution is -2.07. The maximum Gasteiger partial charge on any atom is 0.337 e. The average Bonchev–Trinajstić information content (AvgIpc) is 3.52. The first-order valence-corrected chi connectivity index (χ1v) is 10.4. The first-order valence-electron chi connectivity index (χ1n) is 9.57. The molecule has 0 radical (unpaired) electrons. The van der Waals surface area contributed by atoms with E-state index in [-0.39, 0.29) is 23.5 Å². The Morgan fingerprint density at radius 3 is 2.45 bits per heavy atom. The SMILES string of the molecule is COC(=O)c1cc(NC=C(C#N)c2nc(-c3ccc4c(c3)OCO4)cs2)cc(C(=O)OC)c1. The number of nitriles is 1. The highest BCUT2D eigenvalue weighted by molar-refractivity contribution is 7.11. The lowest BCUT2D eigenvalue weighted by atomic mass is 10.1. The third kappa shape index (κ3) is 4.63. The van der Waals surface area contributed by atoms with E-state index in [9.17, 15) is 14.9 Å². The number of hydrogen-bond donors (Lipinski definition) is 1. The van der Waals surface area contributed by atoms with Gasteiger partial charge < -0.3 is 24.3 Å². The summed E-state index contributed by atoms with van der Waals surface area (Å²) in [7, 11) is 2.49. The molecule has 1 aromatic heterocycles. The second-order valence-electron chi connectivity index (χ2n) is 6.70. The summed E-state index contributed by atoms with van der Waals surface area (Å²) in [5, 5.41) is 14.9. The van der Waals surface area contributed by atoms with Crippen LogP contribution in [0.1, 0.15) is 25.7 Å². The molecule has 0 bridgehead atoms. The van der Waals surface area contributed by atoms with E-state index in [1.807, 2.05) is 23.6 Å². The number of ether oxygens (including phenoxy) is 4. The number of allylic oxidation sites excluding steroid dienone is 1. The van der Waals surface area contributed by atoms with Crippen molar-refractivity contribution in [2.45, 2.75) is 0 Å². The van der Waals surface area contributed by atoms with Gasteiger partial charge in [0.1, 0.15) is 16.6 Å². The molecule has 1 N–H and O–H groups in total. The van der Waals surface area contributed by atoms with E-state index in [0.29, 0.717) is 27.9 Å². The number of nitrogens with zero attached hydrogens (tertiary/aromatic N) is 2. The molecule has 0 fully saturated rings. The highest BCUT2D eigenvalue weighted by Gasteiger charge is 2.17. The molecule has 0 aliphatic carbocycles. The van der Waals surface area contributed by atoms with Crippen molar-refractivity contribution in [2.75, 3.05) is 26.3 Å². The topological polar surface area (TPSA) is 120 Å². The molecule has 3 aromatic rings. The van der Waals surface area contributed by atoms with E-state index in [2.05, 4.69) is 16.4 Å². The Labute approximate surface area is 192 Å². The Balaban J connectivity index is 1.60. The van der Waals surface area contributed by atoms with Gasteiger partial charge in [-0.2, -0.15) is 5.26 Å². The number of methoxy groups -OCH3 is 2. The van der Waals surface area contributed by atoms with Gasteiger partial charge in [0, 0.05) is 22.8 Å². The van der Waals surface area contributed by atoms with Crippen LogP contribution in [0.5, 0.6) is 11.5 Å². The number of fused-ring (bicyclic) bond motifs is 1. The summed E-state index contributed by atoms with van der Waals surface area (Å²) in [6.45, 7) is 0.183. The number of esters is 2. The molecule has 2 heterocycles. The van der Waals surface area contributed by atoms with Gasteiger partial charge in [-0.1, -0.05) is 0 Å². The molecule has 0 unspecified atom stereocenters. The first-order chi connectivity index (χ1) is 16.0. The predicted octanol–water partition coefficient (Wildman–Crippen LogP) is 4.09. The van der Waals surface area contributed by atoms with Crippen molar-refractivity contribution in [2.24, 2.45) is 0 Å². The van der Waals surface area contributed by atoms with Crippen LogP contribution in [0.2, 0.25) is 0 Å². The third-order valence-electron chi connectivity index (χ3n) is 4.68. The molecule has 1 aliphatic rings. The highest BCUT2D eigenvalue weighted by Crippen LogP contribution is 2.36. The van der Waals surface area contributed by atoms with Crippen LogP contribution in [0.4, 0.5) is 5.69 Å². The number of carbonyl (C=O) groups is 2. The fourth-order valence-electron chi connectivity index (χ4n) is 3.07. The lowest BCUT2D eigenvalue weighted by Gasteiger charge is -2.08. The normalized spacial score (nSPS) is 12.1. The van der Waals surface area contributed by atoms with E-state index in [4.69, 9.17) is 18.9 Å². The van der Waals surface area contributed by atoms with Crippen LogP contribution in [0.25, 0.3) is 16.8 Å². The second kappa shape index (κ2) is 9.42. The number of nitrogens with one attached hydrogen (secondary N) is 1. The molecule has 1 aliphatic heterocycles. The van der Waals surface area contributed by atoms with Gasteiger partial charge in [0.2, 0.25) is 6.79 Å². The molecule has 33 heavy (non-hydrogen) atoms. The van der Waals surface area contributed by atoms with Crippen LogP contribution in [0.15, 0.2) is 48.0 Å². The Kier molecular flexibility index (Phi) is 6.24. The molecule has 0 spiro atoms. The van der Waals surface area contributed by atoms with Gasteiger partial charge >= 0.3 is 11.9 Å². The molecule has 0 saturated heterocycles. The minimum Gasteiger partial charge on any atom is -0.465 e. The van der Waals surface area contributed by atoms with Crippen molar-refractivity contribution in [3.05, 3.63) is 64.1 Å². The maximum absolute atomic E-state index is 12.0. The highest BCUT2D eigenvalue weighted by atomic mass is 32.1. The summed E-state index contributed by atoms with van der Waals surface area (Å²) in [6.07, 6.45) is 1.46. The van der Waals surface area contributed by atoms with Gasteiger partial charge in [0.15, 0.2) is 11.5 Å². The zero-order chi connectivity index (χ0) is 23.4. The quantitative estimate of drug-likeness (QED) is 0.426. The van der Waals surface area contributed by atoms with E-state index >= 15 is 0 Å². The summed E-state index contributed by atoms with van der Waals surface area (Å²) in [4.78, 5) is 28.5. The van der Waals surface area contributed by atoms with Gasteiger partial charge in [0.25, 0.3) is 0 Å². The molecule has 0 amide bonds. The summed E-state index contributed by atoms with van der Waals surface area (Å²) < 4.78 is 20.2. The van der Waals surface area contributed by atoms with Gasteiger partial charge in [-0.05, 0) is 36.4 Å². The minimum absolute atomic E-state index is 0.161. The zero-order valence-corrected chi connectivity index (χ0v) is 18.4. The summed E-state index contributed by atoms with van der Waals surface area (Å²) in [5.74, 6) is 0.103. The summed E-state index contributed by atoms with van der Waals surface area (Å²) >= 11 is 1.31. The fraction of sp³-hybridized carbons (Fsp3) is 0.130. The Bertz CT molecular complexity index is 1270. The van der Waals surface area contributed by atoms with Crippen molar-refractivity contribution in [3.63, 3.8) is 0 Å². The minimum atomic E-state index is -0.610. The van der Waals surface area contributed by atoms with E-state index in [1.54, 1.807) is 0 Å². The lowest BCUT2D eigenvalue weighted by molar-refractivity contribution is 0.0599. The molecule has 2 aromatic carbocycles. The van der Waals surface area contributed by atoms with Crippen LogP contribution >= 0.6 is 11.3 Å². The van der Waals surface area contributed by atoms with Crippen LogP contribution in [-0.4, -0.2) is 37.9 Å². The van der Waals surface area contributed by atoms with Crippen molar-refractivity contribution in [1.82, 2.24) is 4.98 Å². The monoisotopic (exact) mass is 463 g/mol. The maximum atomic E-state index is 12.0. The molecule has 0 saturated carbocycles. The number of anilines is 1. The fourth-order valence-corrected chi connectivity index (χ4v) is 3.86. The van der Waals surface area contributed by atoms with Gasteiger partial charge in [0.05, 0.1) is 31.0 Å². The second-order valence-corrected chi connectivity index (χ2v) is 7.56. The summed E-state index contributed by atoms with van der Waals surface area (Å²) in [5.41, 5.74) is 2.52. The molecule has 4 rings (SSSR count). The van der Waals surface area contributed by atoms with Gasteiger partial charge in [-0.25, -0.2) is 14.6 Å². The number of aromatic nitrogens is 1. The van der Waals surface area contributed by atoms with Crippen molar-refractivity contribution in [3.8, 4) is 28.8 Å². The number of thiazole rings is 1. The average molecular weight is 463 g/mol. The van der Waals surface area contributed by atoms with E-state index < -0.39 is 11.9 Å². The smallest absolute Gasteiger partial charge is 0.337 e. The van der Waals surface area contributed by atoms with Crippen LogP contribution in [0, 0.1) is 11.3 Å².